The van der Waals surface area contributed by atoms with E-state index in [-0.39, 0.29) is 11.4 Å². The third kappa shape index (κ3) is 5.77. The first kappa shape index (κ1) is 27.3. The van der Waals surface area contributed by atoms with Gasteiger partial charge < -0.3 is 15.0 Å². The van der Waals surface area contributed by atoms with E-state index in [9.17, 15) is 25.3 Å². The van der Waals surface area contributed by atoms with Crippen LogP contribution in [-0.2, 0) is 4.79 Å². The fraction of sp³-hybridized carbons (Fsp3) is 0.417. The van der Waals surface area contributed by atoms with Gasteiger partial charge in [0.15, 0.2) is 5.72 Å². The van der Waals surface area contributed by atoms with E-state index in [1.807, 2.05) is 11.5 Å². The molecule has 1 heterocycles. The molecule has 0 radical (unpaired) electrons. The number of carbonyl (C=O) groups is 1. The molecule has 13 nitrogen and oxygen atoms in total. The Morgan fingerprint density at radius 1 is 0.946 bits per heavy atom. The van der Waals surface area contributed by atoms with Gasteiger partial charge in [-0.2, -0.15) is 9.69 Å². The lowest BCUT2D eigenvalue weighted by Crippen LogP contribution is -2.56. The Bertz CT molecular complexity index is 1230. The van der Waals surface area contributed by atoms with Crippen LogP contribution in [0.1, 0.15) is 52.4 Å². The van der Waals surface area contributed by atoms with E-state index in [0.29, 0.717) is 24.2 Å². The van der Waals surface area contributed by atoms with Gasteiger partial charge in [-0.1, -0.05) is 19.3 Å². The standard InChI is InChI=1S/C22H25N6O5.C2H4O2/c1-2-25(17-7-11-19(12-8-17)27(30)31)21-15-5-3-4-6-16-22(21,29)24-26(23-21)18-9-13-20(14-10-18)28(32)33;1-2(3)4/h2,7-14,29H,3-6,15-16H2,1H3;1H3,(H,3,4)/q+1;/p-1/b25-2+;/t21-,22+;/m0./s1. The van der Waals surface area contributed by atoms with Gasteiger partial charge in [-0.15, -0.1) is 10.2 Å². The fourth-order valence-electron chi connectivity index (χ4n) is 4.59. The van der Waals surface area contributed by atoms with Crippen molar-refractivity contribution in [2.45, 2.75) is 63.8 Å². The van der Waals surface area contributed by atoms with E-state index in [1.165, 1.54) is 29.1 Å². The number of fused-ring (bicyclic) bond motifs is 1. The molecule has 1 saturated carbocycles. The first-order chi connectivity index (χ1) is 17.5. The molecule has 1 aliphatic heterocycles. The number of rotatable bonds is 5. The summed E-state index contributed by atoms with van der Waals surface area (Å²) in [5.41, 5.74) is 3.22. The zero-order chi connectivity index (χ0) is 27.2. The van der Waals surface area contributed by atoms with Gasteiger partial charge >= 0.3 is 0 Å². The molecule has 2 aliphatic rings. The van der Waals surface area contributed by atoms with Crippen LogP contribution in [0.15, 0.2) is 53.6 Å². The number of aliphatic carboxylic acids is 1. The molecule has 1 aliphatic carbocycles. The lowest BCUT2D eigenvalue weighted by molar-refractivity contribution is -0.564. The Morgan fingerprint density at radius 3 is 1.89 bits per heavy atom. The van der Waals surface area contributed by atoms with E-state index in [1.54, 1.807) is 30.5 Å². The predicted molar refractivity (Wildman–Crippen MR) is 130 cm³/mol. The number of nitro groups is 2. The van der Waals surface area contributed by atoms with Crippen LogP contribution < -0.4 is 5.11 Å². The summed E-state index contributed by atoms with van der Waals surface area (Å²) < 4.78 is 1.83. The summed E-state index contributed by atoms with van der Waals surface area (Å²) in [4.78, 5) is 31.4. The number of non-ortho nitro benzene ring substituents is 2. The SMILES string of the molecule is C/C=[N+](\c1ccc([N+](=O)[O-])cc1)[C@@]12CCCCCC[C@]1(O)N=[N+](c1ccc([N+](=O)[O-])cc1)[N-]2.CC(=O)[O-]. The van der Waals surface area contributed by atoms with Crippen molar-refractivity contribution >= 4 is 34.9 Å². The second-order valence-corrected chi connectivity index (χ2v) is 8.70. The van der Waals surface area contributed by atoms with Crippen LogP contribution in [0.4, 0.5) is 22.7 Å². The zero-order valence-electron chi connectivity index (χ0n) is 20.5. The molecule has 196 valence electrons. The molecule has 0 aromatic heterocycles. The summed E-state index contributed by atoms with van der Waals surface area (Å²) in [7, 11) is 0. The Kier molecular flexibility index (Phi) is 8.28. The monoisotopic (exact) mass is 512 g/mol. The van der Waals surface area contributed by atoms with Gasteiger partial charge in [0.25, 0.3) is 17.0 Å². The van der Waals surface area contributed by atoms with Crippen LogP contribution in [0.25, 0.3) is 5.43 Å². The molecule has 0 spiro atoms. The van der Waals surface area contributed by atoms with Gasteiger partial charge in [0.2, 0.25) is 11.4 Å². The van der Waals surface area contributed by atoms with Crippen molar-refractivity contribution in [2.24, 2.45) is 5.11 Å². The number of nitrogens with zero attached hydrogens (tertiary/aromatic N) is 6. The summed E-state index contributed by atoms with van der Waals surface area (Å²) in [5, 5.41) is 47.5. The van der Waals surface area contributed by atoms with Crippen molar-refractivity contribution in [3.8, 4) is 0 Å². The lowest BCUT2D eigenvalue weighted by Gasteiger charge is -2.39. The number of carboxylic acids is 1. The number of hydrogen-bond acceptors (Lipinski definition) is 8. The van der Waals surface area contributed by atoms with Gasteiger partial charge in [0, 0.05) is 67.8 Å². The first-order valence-corrected chi connectivity index (χ1v) is 11.8. The highest BCUT2D eigenvalue weighted by atomic mass is 16.6. The molecule has 0 amide bonds. The van der Waals surface area contributed by atoms with Crippen molar-refractivity contribution in [3.05, 3.63) is 74.2 Å². The van der Waals surface area contributed by atoms with E-state index in [0.717, 1.165) is 32.6 Å². The quantitative estimate of drug-likeness (QED) is 0.273. The summed E-state index contributed by atoms with van der Waals surface area (Å²) in [6, 6.07) is 12.0. The highest BCUT2D eigenvalue weighted by molar-refractivity contribution is 5.60. The number of azo groups is 1. The minimum absolute atomic E-state index is 0.0271. The van der Waals surface area contributed by atoms with Gasteiger partial charge in [-0.25, -0.2) is 0 Å². The second kappa shape index (κ2) is 11.2. The normalized spacial score (nSPS) is 23.2. The molecule has 0 bridgehead atoms. The number of carbonyl (C=O) groups excluding carboxylic acids is 1. The molecule has 1 N–H and O–H groups in total. The van der Waals surface area contributed by atoms with Crippen molar-refractivity contribution in [1.29, 1.82) is 0 Å². The smallest absolute Gasteiger partial charge is 0.269 e. The van der Waals surface area contributed by atoms with E-state index >= 15 is 0 Å². The molecular weight excluding hydrogens is 484 g/mol. The summed E-state index contributed by atoms with van der Waals surface area (Å²) in [6.45, 7) is 2.79. The zero-order valence-corrected chi connectivity index (χ0v) is 20.5. The van der Waals surface area contributed by atoms with Crippen molar-refractivity contribution < 1.29 is 34.2 Å². The molecule has 2 atom stereocenters. The first-order valence-electron chi connectivity index (χ1n) is 11.8. The molecular formula is C24H28N6O7. The topological polar surface area (TPSA) is 179 Å². The summed E-state index contributed by atoms with van der Waals surface area (Å²) >= 11 is 0. The van der Waals surface area contributed by atoms with Crippen molar-refractivity contribution in [2.75, 3.05) is 0 Å². The minimum atomic E-state index is -1.55. The van der Waals surface area contributed by atoms with Crippen LogP contribution in [0, 0.1) is 20.2 Å². The third-order valence-electron chi connectivity index (χ3n) is 6.25. The maximum atomic E-state index is 11.9. The average Bonchev–Trinajstić information content (AvgIpc) is 3.12. The Labute approximate surface area is 212 Å². The Hall–Kier alpha value is -4.26. The molecule has 37 heavy (non-hydrogen) atoms. The summed E-state index contributed by atoms with van der Waals surface area (Å²) in [5.74, 6) is -1.08. The molecule has 1 fully saturated rings. The lowest BCUT2D eigenvalue weighted by atomic mass is 9.83. The van der Waals surface area contributed by atoms with Crippen molar-refractivity contribution in [1.82, 2.24) is 0 Å². The molecule has 4 rings (SSSR count). The predicted octanol–water partition coefficient (Wildman–Crippen LogP) is 3.83. The largest absolute Gasteiger partial charge is 0.550 e. The minimum Gasteiger partial charge on any atom is -0.550 e. The Balaban J connectivity index is 0.000000886. The maximum Gasteiger partial charge on any atom is 0.269 e. The number of hydrogen-bond donors (Lipinski definition) is 1. The summed E-state index contributed by atoms with van der Waals surface area (Å²) in [6.07, 6.45) is 6.23. The maximum absolute atomic E-state index is 11.9. The van der Waals surface area contributed by atoms with Crippen LogP contribution in [0.2, 0.25) is 0 Å². The number of nitro benzene ring substituents is 2. The van der Waals surface area contributed by atoms with Crippen LogP contribution in [0.5, 0.6) is 0 Å². The van der Waals surface area contributed by atoms with Gasteiger partial charge in [0.1, 0.15) is 6.21 Å². The van der Waals surface area contributed by atoms with E-state index < -0.39 is 27.2 Å². The highest BCUT2D eigenvalue weighted by Gasteiger charge is 2.62. The van der Waals surface area contributed by atoms with Gasteiger partial charge in [-0.05, 0) is 19.8 Å². The van der Waals surface area contributed by atoms with Crippen molar-refractivity contribution in [3.63, 3.8) is 0 Å². The molecule has 0 unspecified atom stereocenters. The second-order valence-electron chi connectivity index (χ2n) is 8.70. The van der Waals surface area contributed by atoms with Crippen LogP contribution >= 0.6 is 0 Å². The number of benzene rings is 2. The molecule has 2 aromatic rings. The van der Waals surface area contributed by atoms with Gasteiger partial charge in [0.05, 0.1) is 9.85 Å². The van der Waals surface area contributed by atoms with Crippen LogP contribution in [0.3, 0.4) is 0 Å². The third-order valence-corrected chi connectivity index (χ3v) is 6.25. The molecule has 2 aromatic carbocycles. The highest BCUT2D eigenvalue weighted by Crippen LogP contribution is 2.50. The fourth-order valence-corrected chi connectivity index (χ4v) is 4.59. The van der Waals surface area contributed by atoms with E-state index in [4.69, 9.17) is 15.3 Å². The average molecular weight is 513 g/mol. The number of carboxylic acid groups (broad SMARTS) is 1. The molecule has 13 heteroatoms. The molecule has 0 saturated heterocycles. The Morgan fingerprint density at radius 2 is 1.41 bits per heavy atom. The van der Waals surface area contributed by atoms with E-state index in [2.05, 4.69) is 5.11 Å². The van der Waals surface area contributed by atoms with Crippen LogP contribution in [-0.4, -0.2) is 47.9 Å². The number of aliphatic hydroxyl groups is 1. The van der Waals surface area contributed by atoms with Gasteiger partial charge in [-0.3, -0.25) is 20.2 Å².